The van der Waals surface area contributed by atoms with Crippen molar-refractivity contribution < 1.29 is 4.79 Å². The van der Waals surface area contributed by atoms with E-state index in [1.165, 1.54) is 0 Å². The van der Waals surface area contributed by atoms with Gasteiger partial charge >= 0.3 is 0 Å². The lowest BCUT2D eigenvalue weighted by atomic mass is 10.1. The minimum Gasteiger partial charge on any atom is -0.340 e. The fraction of sp³-hybridized carbons (Fsp3) is 0.200. The average Bonchev–Trinajstić information content (AvgIpc) is 2.47. The molecule has 2 N–H and O–H groups in total. The van der Waals surface area contributed by atoms with Gasteiger partial charge in [0.1, 0.15) is 6.04 Å². The molecule has 2 rings (SSSR count). The van der Waals surface area contributed by atoms with Crippen molar-refractivity contribution in [2.24, 2.45) is 5.73 Å². The second-order valence-electron chi connectivity index (χ2n) is 4.41. The van der Waals surface area contributed by atoms with E-state index < -0.39 is 6.04 Å². The van der Waals surface area contributed by atoms with Crippen LogP contribution in [0.5, 0.6) is 0 Å². The number of benzene rings is 1. The molecule has 0 radical (unpaired) electrons. The van der Waals surface area contributed by atoms with Crippen LogP contribution in [0.1, 0.15) is 17.3 Å². The molecule has 0 fully saturated rings. The summed E-state index contributed by atoms with van der Waals surface area (Å²) in [7, 11) is 1.75. The minimum absolute atomic E-state index is 0.137. The number of hydrogen-bond acceptors (Lipinski definition) is 3. The Balaban J connectivity index is 2.03. The summed E-state index contributed by atoms with van der Waals surface area (Å²) in [6.45, 7) is 0.542. The molecule has 1 heterocycles. The predicted molar refractivity (Wildman–Crippen MR) is 74.1 cm³/mol. The molecular weight excluding hydrogens is 238 g/mol. The van der Waals surface area contributed by atoms with E-state index in [-0.39, 0.29) is 5.91 Å². The van der Waals surface area contributed by atoms with E-state index >= 15 is 0 Å². The Hall–Kier alpha value is -2.20. The van der Waals surface area contributed by atoms with Gasteiger partial charge in [0.2, 0.25) is 5.91 Å². The van der Waals surface area contributed by atoms with Crippen molar-refractivity contribution in [1.29, 1.82) is 0 Å². The molecule has 1 aromatic carbocycles. The van der Waals surface area contributed by atoms with Crippen LogP contribution in [0, 0.1) is 0 Å². The molecule has 0 bridgehead atoms. The number of rotatable bonds is 4. The topological polar surface area (TPSA) is 59.2 Å². The van der Waals surface area contributed by atoms with E-state index in [0.717, 1.165) is 5.56 Å². The first kappa shape index (κ1) is 13.2. The van der Waals surface area contributed by atoms with Crippen LogP contribution in [0.4, 0.5) is 0 Å². The highest BCUT2D eigenvalue weighted by Crippen LogP contribution is 2.11. The molecule has 0 saturated carbocycles. The largest absolute Gasteiger partial charge is 0.340 e. The number of pyridine rings is 1. The highest BCUT2D eigenvalue weighted by molar-refractivity contribution is 5.82. The smallest absolute Gasteiger partial charge is 0.245 e. The summed E-state index contributed by atoms with van der Waals surface area (Å²) in [6, 6.07) is 14.5. The third kappa shape index (κ3) is 3.39. The van der Waals surface area contributed by atoms with Crippen molar-refractivity contribution in [3.8, 4) is 0 Å². The molecule has 1 amide bonds. The number of nitrogens with two attached hydrogens (primary N) is 1. The SMILES string of the molecule is CN(Cc1ccccc1)C(=O)C(N)c1ccccn1. The van der Waals surface area contributed by atoms with Crippen LogP contribution in [0.2, 0.25) is 0 Å². The van der Waals surface area contributed by atoms with Crippen LogP contribution < -0.4 is 5.73 Å². The molecule has 1 atom stereocenters. The highest BCUT2D eigenvalue weighted by atomic mass is 16.2. The van der Waals surface area contributed by atoms with Crippen LogP contribution >= 0.6 is 0 Å². The van der Waals surface area contributed by atoms with Gasteiger partial charge in [-0.2, -0.15) is 0 Å². The van der Waals surface area contributed by atoms with Gasteiger partial charge in [-0.15, -0.1) is 0 Å². The lowest BCUT2D eigenvalue weighted by Gasteiger charge is -2.21. The number of hydrogen-bond donors (Lipinski definition) is 1. The molecule has 1 unspecified atom stereocenters. The Morgan fingerprint density at radius 3 is 2.53 bits per heavy atom. The maximum absolute atomic E-state index is 12.2. The van der Waals surface area contributed by atoms with Crippen molar-refractivity contribution in [1.82, 2.24) is 9.88 Å². The van der Waals surface area contributed by atoms with Crippen molar-refractivity contribution in [3.05, 3.63) is 66.0 Å². The number of aromatic nitrogens is 1. The van der Waals surface area contributed by atoms with E-state index in [1.54, 1.807) is 30.3 Å². The normalized spacial score (nSPS) is 11.9. The molecule has 4 heteroatoms. The van der Waals surface area contributed by atoms with Gasteiger partial charge in [0, 0.05) is 19.8 Å². The lowest BCUT2D eigenvalue weighted by molar-refractivity contribution is -0.132. The maximum atomic E-state index is 12.2. The molecule has 98 valence electrons. The molecule has 2 aromatic rings. The molecule has 4 nitrogen and oxygen atoms in total. The number of carbonyl (C=O) groups is 1. The fourth-order valence-corrected chi connectivity index (χ4v) is 1.86. The van der Waals surface area contributed by atoms with Crippen LogP contribution in [-0.4, -0.2) is 22.8 Å². The number of carbonyl (C=O) groups excluding carboxylic acids is 1. The first-order chi connectivity index (χ1) is 9.18. The zero-order valence-electron chi connectivity index (χ0n) is 10.9. The van der Waals surface area contributed by atoms with Gasteiger partial charge in [-0.05, 0) is 17.7 Å². The van der Waals surface area contributed by atoms with Gasteiger partial charge in [-0.1, -0.05) is 36.4 Å². The van der Waals surface area contributed by atoms with Gasteiger partial charge in [0.25, 0.3) is 0 Å². The standard InChI is InChI=1S/C15H17N3O/c1-18(11-12-7-3-2-4-8-12)15(19)14(16)13-9-5-6-10-17-13/h2-10,14H,11,16H2,1H3. The summed E-state index contributed by atoms with van der Waals surface area (Å²) in [5.41, 5.74) is 7.61. The highest BCUT2D eigenvalue weighted by Gasteiger charge is 2.20. The molecule has 0 spiro atoms. The van der Waals surface area contributed by atoms with Crippen molar-refractivity contribution >= 4 is 5.91 Å². The number of nitrogens with zero attached hydrogens (tertiary/aromatic N) is 2. The van der Waals surface area contributed by atoms with Gasteiger partial charge in [-0.3, -0.25) is 9.78 Å². The van der Waals surface area contributed by atoms with Crippen LogP contribution in [0.3, 0.4) is 0 Å². The van der Waals surface area contributed by atoms with Gasteiger partial charge in [0.05, 0.1) is 5.69 Å². The Morgan fingerprint density at radius 1 is 1.21 bits per heavy atom. The predicted octanol–water partition coefficient (Wildman–Crippen LogP) is 1.74. The van der Waals surface area contributed by atoms with E-state index in [1.807, 2.05) is 36.4 Å². The molecule has 0 aliphatic carbocycles. The van der Waals surface area contributed by atoms with E-state index in [0.29, 0.717) is 12.2 Å². The van der Waals surface area contributed by atoms with E-state index in [2.05, 4.69) is 4.98 Å². The Bertz CT molecular complexity index is 528. The van der Waals surface area contributed by atoms with Gasteiger partial charge < -0.3 is 10.6 Å². The average molecular weight is 255 g/mol. The zero-order chi connectivity index (χ0) is 13.7. The molecule has 0 aliphatic rings. The van der Waals surface area contributed by atoms with Crippen molar-refractivity contribution in [3.63, 3.8) is 0 Å². The van der Waals surface area contributed by atoms with Crippen LogP contribution in [0.25, 0.3) is 0 Å². The summed E-state index contributed by atoms with van der Waals surface area (Å²) in [5.74, 6) is -0.137. The lowest BCUT2D eigenvalue weighted by Crippen LogP contribution is -2.35. The minimum atomic E-state index is -0.713. The Morgan fingerprint density at radius 2 is 1.89 bits per heavy atom. The monoisotopic (exact) mass is 255 g/mol. The summed E-state index contributed by atoms with van der Waals surface area (Å²) in [5, 5.41) is 0. The zero-order valence-corrected chi connectivity index (χ0v) is 10.9. The molecular formula is C15H17N3O. The summed E-state index contributed by atoms with van der Waals surface area (Å²) >= 11 is 0. The third-order valence-corrected chi connectivity index (χ3v) is 2.91. The Kier molecular flexibility index (Phi) is 4.26. The summed E-state index contributed by atoms with van der Waals surface area (Å²) in [6.07, 6.45) is 1.64. The number of amides is 1. The van der Waals surface area contributed by atoms with E-state index in [4.69, 9.17) is 5.73 Å². The van der Waals surface area contributed by atoms with E-state index in [9.17, 15) is 4.79 Å². The van der Waals surface area contributed by atoms with Gasteiger partial charge in [0.15, 0.2) is 0 Å². The summed E-state index contributed by atoms with van der Waals surface area (Å²) in [4.78, 5) is 17.9. The quantitative estimate of drug-likeness (QED) is 0.905. The second kappa shape index (κ2) is 6.11. The molecule has 19 heavy (non-hydrogen) atoms. The fourth-order valence-electron chi connectivity index (χ4n) is 1.86. The van der Waals surface area contributed by atoms with Gasteiger partial charge in [-0.25, -0.2) is 0 Å². The second-order valence-corrected chi connectivity index (χ2v) is 4.41. The molecule has 1 aromatic heterocycles. The maximum Gasteiger partial charge on any atom is 0.245 e. The number of likely N-dealkylation sites (N-methyl/N-ethyl adjacent to an activating group) is 1. The Labute approximate surface area is 112 Å². The molecule has 0 saturated heterocycles. The van der Waals surface area contributed by atoms with Crippen molar-refractivity contribution in [2.45, 2.75) is 12.6 Å². The summed E-state index contributed by atoms with van der Waals surface area (Å²) < 4.78 is 0. The first-order valence-electron chi connectivity index (χ1n) is 6.14. The van der Waals surface area contributed by atoms with Crippen LogP contribution in [0.15, 0.2) is 54.7 Å². The van der Waals surface area contributed by atoms with Crippen LogP contribution in [-0.2, 0) is 11.3 Å². The van der Waals surface area contributed by atoms with Crippen molar-refractivity contribution in [2.75, 3.05) is 7.05 Å². The first-order valence-corrected chi connectivity index (χ1v) is 6.14. The third-order valence-electron chi connectivity index (χ3n) is 2.91. The molecule has 0 aliphatic heterocycles.